The molecule has 0 atom stereocenters. The Kier molecular flexibility index (Phi) is 6.12. The quantitative estimate of drug-likeness (QED) is 0.814. The second-order valence-corrected chi connectivity index (χ2v) is 6.16. The zero-order chi connectivity index (χ0) is 18.4. The van der Waals surface area contributed by atoms with E-state index < -0.39 is 0 Å². The number of nitrogens with zero attached hydrogens (tertiary/aromatic N) is 3. The van der Waals surface area contributed by atoms with E-state index in [2.05, 4.69) is 20.2 Å². The second kappa shape index (κ2) is 8.71. The van der Waals surface area contributed by atoms with Crippen LogP contribution in [0.4, 0.5) is 11.8 Å². The summed E-state index contributed by atoms with van der Waals surface area (Å²) in [5.74, 6) is 3.10. The number of aromatic nitrogens is 2. The molecule has 2 aromatic rings. The number of rotatable bonds is 7. The molecule has 3 rings (SSSR count). The zero-order valence-corrected chi connectivity index (χ0v) is 15.6. The van der Waals surface area contributed by atoms with Crippen LogP contribution >= 0.6 is 0 Å². The first-order valence-electron chi connectivity index (χ1n) is 8.83. The molecule has 1 aromatic heterocycles. The predicted molar refractivity (Wildman–Crippen MR) is 102 cm³/mol. The van der Waals surface area contributed by atoms with Gasteiger partial charge in [-0.15, -0.1) is 0 Å². The van der Waals surface area contributed by atoms with Gasteiger partial charge in [-0.05, 0) is 31.0 Å². The van der Waals surface area contributed by atoms with Crippen LogP contribution in [0, 0.1) is 6.92 Å². The van der Waals surface area contributed by atoms with Gasteiger partial charge in [0.25, 0.3) is 0 Å². The molecule has 2 heterocycles. The lowest BCUT2D eigenvalue weighted by atomic mass is 10.1. The van der Waals surface area contributed by atoms with Crippen LogP contribution in [0.2, 0.25) is 0 Å². The van der Waals surface area contributed by atoms with Gasteiger partial charge in [0.05, 0.1) is 27.4 Å². The Morgan fingerprint density at radius 2 is 1.85 bits per heavy atom. The standard InChI is InChI=1S/C19H26N4O3/c1-14-12-18(22-19(21-14)23-8-10-26-11-9-23)20-7-6-15-4-5-16(24-2)17(13-15)25-3/h4-5,12-13H,6-11H2,1-3H3,(H,20,21,22). The Labute approximate surface area is 154 Å². The molecule has 7 heteroatoms. The summed E-state index contributed by atoms with van der Waals surface area (Å²) < 4.78 is 16.0. The van der Waals surface area contributed by atoms with Crippen LogP contribution in [0.15, 0.2) is 24.3 Å². The van der Waals surface area contributed by atoms with Crippen molar-refractivity contribution in [2.24, 2.45) is 0 Å². The van der Waals surface area contributed by atoms with Crippen LogP contribution in [0.3, 0.4) is 0 Å². The van der Waals surface area contributed by atoms with Crippen LogP contribution in [0.1, 0.15) is 11.3 Å². The van der Waals surface area contributed by atoms with Crippen molar-refractivity contribution in [1.29, 1.82) is 0 Å². The van der Waals surface area contributed by atoms with Gasteiger partial charge < -0.3 is 24.4 Å². The molecule has 1 aliphatic rings. The highest BCUT2D eigenvalue weighted by atomic mass is 16.5. The van der Waals surface area contributed by atoms with Crippen LogP contribution in [0.25, 0.3) is 0 Å². The van der Waals surface area contributed by atoms with Gasteiger partial charge in [0.2, 0.25) is 5.95 Å². The molecule has 0 unspecified atom stereocenters. The lowest BCUT2D eigenvalue weighted by Crippen LogP contribution is -2.37. The third-order valence-corrected chi connectivity index (χ3v) is 4.30. The number of morpholine rings is 1. The van der Waals surface area contributed by atoms with Gasteiger partial charge in [-0.3, -0.25) is 0 Å². The van der Waals surface area contributed by atoms with Gasteiger partial charge in [-0.25, -0.2) is 4.98 Å². The summed E-state index contributed by atoms with van der Waals surface area (Å²) in [7, 11) is 3.29. The molecule has 26 heavy (non-hydrogen) atoms. The third kappa shape index (κ3) is 4.54. The number of ether oxygens (including phenoxy) is 3. The summed E-state index contributed by atoms with van der Waals surface area (Å²) >= 11 is 0. The Hall–Kier alpha value is -2.54. The fourth-order valence-electron chi connectivity index (χ4n) is 2.92. The van der Waals surface area contributed by atoms with Crippen molar-refractivity contribution >= 4 is 11.8 Å². The van der Waals surface area contributed by atoms with E-state index in [1.165, 1.54) is 5.56 Å². The molecule has 0 bridgehead atoms. The molecule has 1 aromatic carbocycles. The lowest BCUT2D eigenvalue weighted by molar-refractivity contribution is 0.122. The minimum absolute atomic E-state index is 0.722. The van der Waals surface area contributed by atoms with E-state index in [1.54, 1.807) is 14.2 Å². The van der Waals surface area contributed by atoms with Crippen molar-refractivity contribution in [2.75, 3.05) is 57.3 Å². The highest BCUT2D eigenvalue weighted by molar-refractivity contribution is 5.45. The number of benzene rings is 1. The average Bonchev–Trinajstić information content (AvgIpc) is 2.68. The summed E-state index contributed by atoms with van der Waals surface area (Å²) in [5, 5.41) is 3.40. The van der Waals surface area contributed by atoms with E-state index in [9.17, 15) is 0 Å². The lowest BCUT2D eigenvalue weighted by Gasteiger charge is -2.27. The number of hydrogen-bond donors (Lipinski definition) is 1. The van der Waals surface area contributed by atoms with E-state index in [0.717, 1.165) is 68.2 Å². The molecule has 0 spiro atoms. The highest BCUT2D eigenvalue weighted by Crippen LogP contribution is 2.27. The van der Waals surface area contributed by atoms with Gasteiger partial charge in [-0.1, -0.05) is 6.07 Å². The summed E-state index contributed by atoms with van der Waals surface area (Å²) in [5.41, 5.74) is 2.13. The summed E-state index contributed by atoms with van der Waals surface area (Å²) in [6, 6.07) is 7.95. The van der Waals surface area contributed by atoms with Crippen LogP contribution < -0.4 is 19.7 Å². The number of hydrogen-bond acceptors (Lipinski definition) is 7. The number of methoxy groups -OCH3 is 2. The molecule has 1 saturated heterocycles. The Morgan fingerprint density at radius 1 is 1.08 bits per heavy atom. The monoisotopic (exact) mass is 358 g/mol. The van der Waals surface area contributed by atoms with E-state index >= 15 is 0 Å². The van der Waals surface area contributed by atoms with E-state index in [1.807, 2.05) is 31.2 Å². The molecule has 7 nitrogen and oxygen atoms in total. The first kappa shape index (κ1) is 18.3. The first-order valence-corrected chi connectivity index (χ1v) is 8.83. The Bertz CT molecular complexity index is 733. The molecule has 1 fully saturated rings. The van der Waals surface area contributed by atoms with Crippen molar-refractivity contribution < 1.29 is 14.2 Å². The zero-order valence-electron chi connectivity index (χ0n) is 15.6. The first-order chi connectivity index (χ1) is 12.7. The minimum Gasteiger partial charge on any atom is -0.493 e. The van der Waals surface area contributed by atoms with Gasteiger partial charge in [0.1, 0.15) is 5.82 Å². The minimum atomic E-state index is 0.722. The second-order valence-electron chi connectivity index (χ2n) is 6.16. The van der Waals surface area contributed by atoms with Crippen molar-refractivity contribution in [2.45, 2.75) is 13.3 Å². The van der Waals surface area contributed by atoms with Crippen LogP contribution in [-0.2, 0) is 11.2 Å². The maximum absolute atomic E-state index is 5.40. The molecule has 0 amide bonds. The van der Waals surface area contributed by atoms with E-state index in [-0.39, 0.29) is 0 Å². The van der Waals surface area contributed by atoms with Gasteiger partial charge in [0.15, 0.2) is 11.5 Å². The summed E-state index contributed by atoms with van der Waals surface area (Å²) in [4.78, 5) is 11.4. The molecule has 140 valence electrons. The number of aryl methyl sites for hydroxylation is 1. The molecular weight excluding hydrogens is 332 g/mol. The average molecular weight is 358 g/mol. The number of nitrogens with one attached hydrogen (secondary N) is 1. The van der Waals surface area contributed by atoms with Crippen molar-refractivity contribution in [3.05, 3.63) is 35.5 Å². The molecule has 0 saturated carbocycles. The van der Waals surface area contributed by atoms with Crippen LogP contribution in [0.5, 0.6) is 11.5 Å². The third-order valence-electron chi connectivity index (χ3n) is 4.30. The van der Waals surface area contributed by atoms with Gasteiger partial charge >= 0.3 is 0 Å². The Balaban J connectivity index is 1.62. The van der Waals surface area contributed by atoms with Crippen LogP contribution in [-0.4, -0.2) is 57.0 Å². The fraction of sp³-hybridized carbons (Fsp3) is 0.474. The summed E-state index contributed by atoms with van der Waals surface area (Å²) in [6.07, 6.45) is 0.857. The topological polar surface area (TPSA) is 68.7 Å². The van der Waals surface area contributed by atoms with Gasteiger partial charge in [-0.2, -0.15) is 4.98 Å². The maximum Gasteiger partial charge on any atom is 0.227 e. The van der Waals surface area contributed by atoms with E-state index in [4.69, 9.17) is 14.2 Å². The van der Waals surface area contributed by atoms with Crippen molar-refractivity contribution in [1.82, 2.24) is 9.97 Å². The summed E-state index contributed by atoms with van der Waals surface area (Å²) in [6.45, 7) is 5.86. The van der Waals surface area contributed by atoms with Crippen molar-refractivity contribution in [3.63, 3.8) is 0 Å². The smallest absolute Gasteiger partial charge is 0.227 e. The largest absolute Gasteiger partial charge is 0.493 e. The fourth-order valence-corrected chi connectivity index (χ4v) is 2.92. The molecule has 1 aliphatic heterocycles. The maximum atomic E-state index is 5.40. The molecule has 0 aliphatic carbocycles. The molecular formula is C19H26N4O3. The Morgan fingerprint density at radius 3 is 2.58 bits per heavy atom. The number of anilines is 2. The van der Waals surface area contributed by atoms with Crippen molar-refractivity contribution in [3.8, 4) is 11.5 Å². The highest BCUT2D eigenvalue weighted by Gasteiger charge is 2.15. The van der Waals surface area contributed by atoms with Gasteiger partial charge in [0, 0.05) is 31.4 Å². The van der Waals surface area contributed by atoms with E-state index in [0.29, 0.717) is 0 Å². The SMILES string of the molecule is COc1ccc(CCNc2cc(C)nc(N3CCOCC3)n2)cc1OC. The molecule has 0 radical (unpaired) electrons. The normalized spacial score (nSPS) is 14.2. The predicted octanol–water partition coefficient (Wildman–Crippen LogP) is 2.29. The molecule has 1 N–H and O–H groups in total.